The molecule has 1 aromatic carbocycles. The molecule has 3 aromatic rings. The number of imide groups is 1. The molecule has 0 bridgehead atoms. The van der Waals surface area contributed by atoms with Crippen molar-refractivity contribution >= 4 is 56.8 Å². The maximum absolute atomic E-state index is 13.4. The summed E-state index contributed by atoms with van der Waals surface area (Å²) in [6.07, 6.45) is 0.899. The quantitative estimate of drug-likeness (QED) is 0.566. The number of hydrogen-bond donors (Lipinski definition) is 1. The molecule has 2 unspecified atom stereocenters. The van der Waals surface area contributed by atoms with E-state index in [1.54, 1.807) is 24.3 Å². The smallest absolute Gasteiger partial charge is 0.408 e. The molecule has 2 atom stereocenters. The number of halogens is 4. The van der Waals surface area contributed by atoms with E-state index in [0.717, 1.165) is 4.90 Å². The summed E-state index contributed by atoms with van der Waals surface area (Å²) >= 11 is 7.54. The number of urea groups is 1. The first-order chi connectivity index (χ1) is 16.2. The van der Waals surface area contributed by atoms with Crippen LogP contribution in [-0.4, -0.2) is 51.3 Å². The number of benzene rings is 1. The van der Waals surface area contributed by atoms with Crippen molar-refractivity contribution in [2.24, 2.45) is 0 Å². The molecule has 0 saturated carbocycles. The lowest BCUT2D eigenvalue weighted by molar-refractivity contribution is -0.141. The number of amides is 3. The second-order valence-corrected chi connectivity index (χ2v) is 9.17. The summed E-state index contributed by atoms with van der Waals surface area (Å²) in [5, 5.41) is 6.49. The van der Waals surface area contributed by atoms with Gasteiger partial charge >= 0.3 is 12.2 Å². The van der Waals surface area contributed by atoms with E-state index in [2.05, 4.69) is 15.4 Å². The van der Waals surface area contributed by atoms with Gasteiger partial charge in [-0.05, 0) is 24.3 Å². The number of nitrogens with zero attached hydrogens (tertiary/aromatic N) is 4. The molecule has 8 nitrogen and oxygen atoms in total. The Morgan fingerprint density at radius 3 is 2.76 bits per heavy atom. The number of nitrogens with one attached hydrogen (secondary N) is 1. The van der Waals surface area contributed by atoms with Crippen LogP contribution in [0, 0.1) is 0 Å². The lowest BCUT2D eigenvalue weighted by Crippen LogP contribution is -2.60. The topological polar surface area (TPSA) is 89.3 Å². The van der Waals surface area contributed by atoms with Crippen molar-refractivity contribution in [3.8, 4) is 5.75 Å². The fourth-order valence-corrected chi connectivity index (χ4v) is 5.50. The summed E-state index contributed by atoms with van der Waals surface area (Å²) < 4.78 is 45.2. The summed E-state index contributed by atoms with van der Waals surface area (Å²) in [4.78, 5) is 31.9. The zero-order valence-electron chi connectivity index (χ0n) is 17.3. The van der Waals surface area contributed by atoms with Gasteiger partial charge < -0.3 is 10.1 Å². The van der Waals surface area contributed by atoms with Gasteiger partial charge in [-0.25, -0.2) is 9.69 Å². The Morgan fingerprint density at radius 1 is 1.24 bits per heavy atom. The molecular weight excluding hydrogens is 495 g/mol. The third-order valence-corrected chi connectivity index (χ3v) is 7.09. The van der Waals surface area contributed by atoms with Gasteiger partial charge in [-0.3, -0.25) is 14.5 Å². The summed E-state index contributed by atoms with van der Waals surface area (Å²) in [6.45, 7) is -1.38. The van der Waals surface area contributed by atoms with Crippen LogP contribution >= 0.6 is 23.4 Å². The molecule has 1 fully saturated rings. The fraction of sp³-hybridized carbons (Fsp3) is 0.238. The molecule has 2 aliphatic rings. The maximum atomic E-state index is 13.4. The largest absolute Gasteiger partial charge is 0.497 e. The van der Waals surface area contributed by atoms with Crippen LogP contribution in [0.2, 0.25) is 5.02 Å². The Labute approximate surface area is 199 Å². The van der Waals surface area contributed by atoms with Crippen LogP contribution in [0.25, 0.3) is 15.8 Å². The second kappa shape index (κ2) is 8.20. The van der Waals surface area contributed by atoms with Crippen LogP contribution in [0.5, 0.6) is 5.75 Å². The zero-order valence-corrected chi connectivity index (χ0v) is 18.9. The summed E-state index contributed by atoms with van der Waals surface area (Å²) in [6, 6.07) is 3.70. The summed E-state index contributed by atoms with van der Waals surface area (Å²) in [5.74, 6) is -0.0125. The predicted molar refractivity (Wildman–Crippen MR) is 121 cm³/mol. The highest BCUT2D eigenvalue weighted by Crippen LogP contribution is 2.45. The van der Waals surface area contributed by atoms with Gasteiger partial charge in [0.2, 0.25) is 0 Å². The Balaban J connectivity index is 1.50. The number of anilines is 1. The minimum atomic E-state index is -4.55. The number of hydrogen-bond acceptors (Lipinski definition) is 6. The van der Waals surface area contributed by atoms with E-state index in [9.17, 15) is 22.8 Å². The molecule has 5 rings (SSSR count). The normalized spacial score (nSPS) is 20.4. The van der Waals surface area contributed by atoms with Gasteiger partial charge in [-0.1, -0.05) is 11.6 Å². The van der Waals surface area contributed by atoms with E-state index < -0.39 is 36.0 Å². The second-order valence-electron chi connectivity index (χ2n) is 7.58. The van der Waals surface area contributed by atoms with E-state index in [4.69, 9.17) is 16.3 Å². The summed E-state index contributed by atoms with van der Waals surface area (Å²) in [7, 11) is 1.52. The number of fused-ring (bicyclic) bond motifs is 2. The van der Waals surface area contributed by atoms with Crippen LogP contribution in [0.15, 0.2) is 42.9 Å². The third-order valence-electron chi connectivity index (χ3n) is 5.40. The van der Waals surface area contributed by atoms with Crippen LogP contribution in [-0.2, 0) is 11.3 Å². The maximum Gasteiger partial charge on any atom is 0.408 e. The number of alkyl halides is 3. The lowest BCUT2D eigenvalue weighted by Gasteiger charge is -2.33. The molecule has 176 valence electrons. The van der Waals surface area contributed by atoms with Gasteiger partial charge in [0, 0.05) is 27.1 Å². The molecule has 3 amide bonds. The molecule has 1 N–H and O–H groups in total. The predicted octanol–water partition coefficient (Wildman–Crippen LogP) is 4.24. The molecule has 0 spiro atoms. The Kier molecular flexibility index (Phi) is 5.44. The Bertz CT molecular complexity index is 1360. The molecule has 4 heterocycles. The molecule has 0 aliphatic carbocycles. The van der Waals surface area contributed by atoms with Crippen molar-refractivity contribution in [1.29, 1.82) is 0 Å². The number of pyridine rings is 1. The molecule has 13 heteroatoms. The number of carbonyl (C=O) groups is 2. The van der Waals surface area contributed by atoms with Crippen molar-refractivity contribution < 1.29 is 27.5 Å². The standard InChI is InChI=1S/C21H15ClF3N5O3S/c1-33-11-2-3-13(22)12(4-11)16-5-14-18(34-16)19(31)30(20(32)28-14)15-8-26-6-10-7-27-29(17(10)15)9-21(23,24)25/h2-8,14,18H,9H2,1H3,(H,28,32). The highest BCUT2D eigenvalue weighted by atomic mass is 35.5. The molecule has 34 heavy (non-hydrogen) atoms. The van der Waals surface area contributed by atoms with Gasteiger partial charge in [0.25, 0.3) is 5.91 Å². The highest BCUT2D eigenvalue weighted by molar-refractivity contribution is 8.09. The molecule has 1 saturated heterocycles. The van der Waals surface area contributed by atoms with Crippen molar-refractivity contribution in [3.05, 3.63) is 53.5 Å². The Morgan fingerprint density at radius 2 is 2.03 bits per heavy atom. The van der Waals surface area contributed by atoms with Crippen molar-refractivity contribution in [2.75, 3.05) is 12.0 Å². The van der Waals surface area contributed by atoms with Gasteiger partial charge in [-0.15, -0.1) is 11.8 Å². The van der Waals surface area contributed by atoms with E-state index in [1.165, 1.54) is 37.5 Å². The number of methoxy groups -OCH3 is 1. The van der Waals surface area contributed by atoms with Crippen LogP contribution in [0.1, 0.15) is 5.56 Å². The minimum absolute atomic E-state index is 0.0127. The van der Waals surface area contributed by atoms with E-state index in [1.807, 2.05) is 0 Å². The van der Waals surface area contributed by atoms with Crippen molar-refractivity contribution in [1.82, 2.24) is 20.1 Å². The van der Waals surface area contributed by atoms with E-state index >= 15 is 0 Å². The number of ether oxygens (including phenoxy) is 1. The first-order valence-electron chi connectivity index (χ1n) is 9.89. The first kappa shape index (κ1) is 22.5. The summed E-state index contributed by atoms with van der Waals surface area (Å²) in [5.41, 5.74) is 0.552. The number of aromatic nitrogens is 3. The van der Waals surface area contributed by atoms with Crippen LogP contribution in [0.4, 0.5) is 23.7 Å². The van der Waals surface area contributed by atoms with Gasteiger partial charge in [-0.2, -0.15) is 18.3 Å². The molecule has 2 aromatic heterocycles. The van der Waals surface area contributed by atoms with Gasteiger partial charge in [0.05, 0.1) is 36.7 Å². The van der Waals surface area contributed by atoms with Crippen LogP contribution in [0.3, 0.4) is 0 Å². The molecule has 0 radical (unpaired) electrons. The third kappa shape index (κ3) is 3.86. The van der Waals surface area contributed by atoms with E-state index in [0.29, 0.717) is 25.9 Å². The van der Waals surface area contributed by atoms with E-state index in [-0.39, 0.29) is 16.6 Å². The number of carbonyl (C=O) groups excluding carboxylic acids is 2. The van der Waals surface area contributed by atoms with Crippen molar-refractivity contribution in [2.45, 2.75) is 24.0 Å². The highest BCUT2D eigenvalue weighted by Gasteiger charge is 2.46. The monoisotopic (exact) mass is 509 g/mol. The van der Waals surface area contributed by atoms with Crippen LogP contribution < -0.4 is 15.0 Å². The average Bonchev–Trinajstić information content (AvgIpc) is 3.38. The number of rotatable bonds is 4. The molecule has 2 aliphatic heterocycles. The van der Waals surface area contributed by atoms with Gasteiger partial charge in [0.1, 0.15) is 17.5 Å². The number of thioether (sulfide) groups is 1. The lowest BCUT2D eigenvalue weighted by atomic mass is 10.1. The fourth-order valence-electron chi connectivity index (χ4n) is 3.93. The van der Waals surface area contributed by atoms with Gasteiger partial charge in [0.15, 0.2) is 0 Å². The Hall–Kier alpha value is -3.25. The first-order valence-corrected chi connectivity index (χ1v) is 11.1. The van der Waals surface area contributed by atoms with Crippen molar-refractivity contribution in [3.63, 3.8) is 0 Å². The minimum Gasteiger partial charge on any atom is -0.497 e. The zero-order chi connectivity index (χ0) is 24.2. The average molecular weight is 510 g/mol. The molecular formula is C21H15ClF3N5O3S. The SMILES string of the molecule is COc1ccc(Cl)c(C2=CC3NC(=O)N(c4cncc5cnn(CC(F)(F)F)c45)C(=O)C3S2)c1.